The fourth-order valence-corrected chi connectivity index (χ4v) is 4.98. The third kappa shape index (κ3) is 6.21. The molecule has 1 N–H and O–H groups in total. The first-order valence-corrected chi connectivity index (χ1v) is 13.9. The van der Waals surface area contributed by atoms with Gasteiger partial charge >= 0.3 is 0 Å². The Kier molecular flexibility index (Phi) is 6.75. The second-order valence-electron chi connectivity index (χ2n) is 9.17. The summed E-state index contributed by atoms with van der Waals surface area (Å²) in [7, 11) is -3.11. The fraction of sp³-hybridized carbons (Fsp3) is 0.259. The Morgan fingerprint density at radius 2 is 1.92 bits per heavy atom. The van der Waals surface area contributed by atoms with Crippen molar-refractivity contribution < 1.29 is 17.9 Å². The molecule has 9 nitrogen and oxygen atoms in total. The number of ether oxygens (including phenoxy) is 2. The van der Waals surface area contributed by atoms with E-state index in [1.54, 1.807) is 6.20 Å². The summed E-state index contributed by atoms with van der Waals surface area (Å²) in [6.07, 6.45) is 4.91. The van der Waals surface area contributed by atoms with Gasteiger partial charge in [-0.2, -0.15) is 0 Å². The molecule has 0 radical (unpaired) electrons. The van der Waals surface area contributed by atoms with Gasteiger partial charge in [-0.3, -0.25) is 4.98 Å². The minimum atomic E-state index is -3.11. The van der Waals surface area contributed by atoms with Crippen LogP contribution in [0.3, 0.4) is 0 Å². The Labute approximate surface area is 215 Å². The van der Waals surface area contributed by atoms with Gasteiger partial charge < -0.3 is 14.8 Å². The molecule has 0 unspecified atom stereocenters. The number of hydrogen-bond donors (Lipinski definition) is 1. The highest BCUT2D eigenvalue weighted by Crippen LogP contribution is 2.30. The number of nitrogens with one attached hydrogen (secondary N) is 1. The largest absolute Gasteiger partial charge is 0.478 e. The average molecular weight is 518 g/mol. The van der Waals surface area contributed by atoms with E-state index in [-0.39, 0.29) is 18.4 Å². The lowest BCUT2D eigenvalue weighted by Crippen LogP contribution is -2.19. The van der Waals surface area contributed by atoms with Crippen molar-refractivity contribution in [2.75, 3.05) is 23.9 Å². The smallest absolute Gasteiger partial charge is 0.188 e. The Morgan fingerprint density at radius 1 is 1.05 bits per heavy atom. The average Bonchev–Trinajstić information content (AvgIpc) is 3.27. The summed E-state index contributed by atoms with van der Waals surface area (Å²) >= 11 is 0. The SMILES string of the molecule is Cc1ccc(Oc2ccc(Nc3ncnc4ccc(CC5=N[C@H](CS(C)(=O)=O)CO5)cc34)cc2C)cn1. The predicted molar refractivity (Wildman–Crippen MR) is 144 cm³/mol. The molecule has 10 heteroatoms. The number of hydrogen-bond acceptors (Lipinski definition) is 9. The van der Waals surface area contributed by atoms with E-state index in [0.29, 0.717) is 23.9 Å². The van der Waals surface area contributed by atoms with Gasteiger partial charge in [-0.1, -0.05) is 6.07 Å². The fourth-order valence-electron chi connectivity index (χ4n) is 4.11. The van der Waals surface area contributed by atoms with E-state index in [4.69, 9.17) is 9.47 Å². The van der Waals surface area contributed by atoms with Crippen LogP contribution in [0, 0.1) is 13.8 Å². The summed E-state index contributed by atoms with van der Waals surface area (Å²) in [4.78, 5) is 17.6. The number of rotatable bonds is 8. The van der Waals surface area contributed by atoms with Crippen molar-refractivity contribution in [3.63, 3.8) is 0 Å². The molecular formula is C27H27N5O4S. The van der Waals surface area contributed by atoms with E-state index in [1.165, 1.54) is 12.6 Å². The van der Waals surface area contributed by atoms with Gasteiger partial charge in [0.05, 0.1) is 17.5 Å². The van der Waals surface area contributed by atoms with Crippen molar-refractivity contribution in [3.8, 4) is 11.5 Å². The topological polar surface area (TPSA) is 116 Å². The van der Waals surface area contributed by atoms with Crippen LogP contribution in [0.4, 0.5) is 11.5 Å². The number of pyridine rings is 1. The van der Waals surface area contributed by atoms with Gasteiger partial charge in [0.15, 0.2) is 5.90 Å². The molecule has 1 aliphatic heterocycles. The van der Waals surface area contributed by atoms with E-state index in [2.05, 4.69) is 25.3 Å². The van der Waals surface area contributed by atoms with Crippen LogP contribution in [0.15, 0.2) is 66.0 Å². The highest BCUT2D eigenvalue weighted by Gasteiger charge is 2.23. The van der Waals surface area contributed by atoms with Crippen LogP contribution >= 0.6 is 0 Å². The Morgan fingerprint density at radius 3 is 2.68 bits per heavy atom. The molecule has 4 aromatic rings. The summed E-state index contributed by atoms with van der Waals surface area (Å²) in [5.74, 6) is 2.63. The molecule has 2 aromatic heterocycles. The third-order valence-corrected chi connectivity index (χ3v) is 6.86. The summed E-state index contributed by atoms with van der Waals surface area (Å²) in [6, 6.07) is 15.2. The molecular weight excluding hydrogens is 490 g/mol. The standard InChI is InChI=1S/C27H27N5O4S/c1-17-10-20(6-9-25(17)36-22-7-4-18(2)28-13-22)32-27-23-11-19(5-8-24(23)29-16-30-27)12-26-31-21(14-35-26)15-37(3,33)34/h4-11,13,16,21H,12,14-15H2,1-3H3,(H,29,30,32)/t21-/m0/s1. The minimum absolute atomic E-state index is 0.0126. The van der Waals surface area contributed by atoms with E-state index < -0.39 is 9.84 Å². The molecule has 0 aliphatic carbocycles. The molecule has 0 saturated heterocycles. The van der Waals surface area contributed by atoms with Gasteiger partial charge in [0.1, 0.15) is 46.1 Å². The lowest BCUT2D eigenvalue weighted by Gasteiger charge is -2.13. The van der Waals surface area contributed by atoms with Crippen molar-refractivity contribution in [1.82, 2.24) is 15.0 Å². The predicted octanol–water partition coefficient (Wildman–Crippen LogP) is 4.56. The number of aliphatic imine (C=N–C) groups is 1. The highest BCUT2D eigenvalue weighted by atomic mass is 32.2. The van der Waals surface area contributed by atoms with Gasteiger partial charge in [0.25, 0.3) is 0 Å². The Bertz CT molecular complexity index is 1590. The normalized spacial score (nSPS) is 15.3. The Hall–Kier alpha value is -4.05. The second kappa shape index (κ2) is 10.1. The summed E-state index contributed by atoms with van der Waals surface area (Å²) < 4.78 is 34.8. The number of sulfone groups is 1. The van der Waals surface area contributed by atoms with Crippen LogP contribution in [0.1, 0.15) is 16.8 Å². The first-order chi connectivity index (χ1) is 17.7. The molecule has 2 aromatic carbocycles. The van der Waals surface area contributed by atoms with E-state index >= 15 is 0 Å². The summed E-state index contributed by atoms with van der Waals surface area (Å²) in [6.45, 7) is 4.20. The molecule has 37 heavy (non-hydrogen) atoms. The monoisotopic (exact) mass is 517 g/mol. The van der Waals surface area contributed by atoms with E-state index in [0.717, 1.165) is 39.2 Å². The van der Waals surface area contributed by atoms with Gasteiger partial charge in [0.2, 0.25) is 0 Å². The quantitative estimate of drug-likeness (QED) is 0.362. The molecule has 190 valence electrons. The van der Waals surface area contributed by atoms with Crippen LogP contribution in [-0.2, 0) is 21.0 Å². The molecule has 0 fully saturated rings. The molecule has 1 aliphatic rings. The number of benzene rings is 2. The molecule has 0 spiro atoms. The third-order valence-electron chi connectivity index (χ3n) is 5.87. The first kappa shape index (κ1) is 24.6. The maximum atomic E-state index is 11.6. The van der Waals surface area contributed by atoms with Crippen LogP contribution in [0.2, 0.25) is 0 Å². The molecule has 5 rings (SSSR count). The zero-order chi connectivity index (χ0) is 26.0. The van der Waals surface area contributed by atoms with Gasteiger partial charge in [-0.25, -0.2) is 23.4 Å². The van der Waals surface area contributed by atoms with Gasteiger partial charge in [0, 0.05) is 29.4 Å². The van der Waals surface area contributed by atoms with Crippen LogP contribution < -0.4 is 10.1 Å². The van der Waals surface area contributed by atoms with Crippen LogP contribution in [0.5, 0.6) is 11.5 Å². The summed E-state index contributed by atoms with van der Waals surface area (Å²) in [5.41, 5.74) is 4.53. The van der Waals surface area contributed by atoms with Crippen LogP contribution in [-0.4, -0.2) is 53.9 Å². The van der Waals surface area contributed by atoms with Crippen molar-refractivity contribution in [3.05, 3.63) is 77.9 Å². The Balaban J connectivity index is 1.34. The molecule has 1 atom stereocenters. The maximum Gasteiger partial charge on any atom is 0.188 e. The molecule has 0 bridgehead atoms. The first-order valence-electron chi connectivity index (χ1n) is 11.8. The van der Waals surface area contributed by atoms with E-state index in [9.17, 15) is 8.42 Å². The lowest BCUT2D eigenvalue weighted by molar-refractivity contribution is 0.318. The lowest BCUT2D eigenvalue weighted by atomic mass is 10.1. The highest BCUT2D eigenvalue weighted by molar-refractivity contribution is 7.90. The number of anilines is 2. The van der Waals surface area contributed by atoms with Gasteiger partial charge in [-0.15, -0.1) is 0 Å². The number of fused-ring (bicyclic) bond motifs is 1. The summed E-state index contributed by atoms with van der Waals surface area (Å²) in [5, 5.41) is 4.25. The van der Waals surface area contributed by atoms with E-state index in [1.807, 2.05) is 62.4 Å². The van der Waals surface area contributed by atoms with Gasteiger partial charge in [-0.05, 0) is 67.4 Å². The second-order valence-corrected chi connectivity index (χ2v) is 11.4. The minimum Gasteiger partial charge on any atom is -0.478 e. The number of aryl methyl sites for hydroxylation is 2. The number of aromatic nitrogens is 3. The van der Waals surface area contributed by atoms with Crippen molar-refractivity contribution in [2.24, 2.45) is 4.99 Å². The molecule has 0 amide bonds. The molecule has 0 saturated carbocycles. The molecule has 3 heterocycles. The maximum absolute atomic E-state index is 11.6. The number of nitrogens with zero attached hydrogens (tertiary/aromatic N) is 4. The zero-order valence-corrected chi connectivity index (χ0v) is 21.6. The van der Waals surface area contributed by atoms with Crippen molar-refractivity contribution in [2.45, 2.75) is 26.3 Å². The van der Waals surface area contributed by atoms with Crippen molar-refractivity contribution in [1.29, 1.82) is 0 Å². The zero-order valence-electron chi connectivity index (χ0n) is 20.8. The van der Waals surface area contributed by atoms with Crippen LogP contribution in [0.25, 0.3) is 10.9 Å². The van der Waals surface area contributed by atoms with Crippen molar-refractivity contribution >= 4 is 38.1 Å².